The average molecular weight is 429 g/mol. The number of carbonyl (C=O) groups is 2. The molecule has 2 aromatic rings. The van der Waals surface area contributed by atoms with E-state index in [2.05, 4.69) is 12.2 Å². The molecule has 0 fully saturated rings. The molecule has 1 aliphatic carbocycles. The minimum absolute atomic E-state index is 0.0541. The maximum Gasteiger partial charge on any atom is 0.341 e. The number of thiophene rings is 1. The summed E-state index contributed by atoms with van der Waals surface area (Å²) in [5.41, 5.74) is 2.03. The van der Waals surface area contributed by atoms with E-state index in [1.54, 1.807) is 31.2 Å². The summed E-state index contributed by atoms with van der Waals surface area (Å²) in [6.07, 6.45) is 4.40. The third-order valence-corrected chi connectivity index (χ3v) is 6.24. The molecular weight excluding hydrogens is 408 g/mol. The Balaban J connectivity index is 1.94. The number of benzene rings is 1. The number of nitrogens with zero attached hydrogens (tertiary/aromatic N) is 1. The van der Waals surface area contributed by atoms with Gasteiger partial charge in [-0.05, 0) is 61.4 Å². The van der Waals surface area contributed by atoms with Crippen molar-refractivity contribution in [2.45, 2.75) is 39.0 Å². The topological polar surface area (TPSA) is 79.2 Å². The molecule has 1 aromatic heterocycles. The zero-order chi connectivity index (χ0) is 21.0. The second-order valence-electron chi connectivity index (χ2n) is 6.83. The van der Waals surface area contributed by atoms with Crippen molar-refractivity contribution in [2.24, 2.45) is 0 Å². The van der Waals surface area contributed by atoms with Gasteiger partial charge in [-0.15, -0.1) is 11.3 Å². The number of fused-ring (bicyclic) bond motifs is 1. The molecule has 0 bridgehead atoms. The van der Waals surface area contributed by atoms with Crippen LogP contribution in [0, 0.1) is 11.3 Å². The lowest BCUT2D eigenvalue weighted by atomic mass is 9.86. The summed E-state index contributed by atoms with van der Waals surface area (Å²) in [4.78, 5) is 26.5. The highest BCUT2D eigenvalue weighted by molar-refractivity contribution is 7.17. The van der Waals surface area contributed by atoms with Crippen molar-refractivity contribution in [3.05, 3.63) is 56.4 Å². The fourth-order valence-electron chi connectivity index (χ4n) is 3.45. The number of carbonyl (C=O) groups excluding carboxylic acids is 2. The van der Waals surface area contributed by atoms with Crippen LogP contribution in [0.4, 0.5) is 5.00 Å². The van der Waals surface area contributed by atoms with Gasteiger partial charge in [-0.3, -0.25) is 4.79 Å². The van der Waals surface area contributed by atoms with Crippen molar-refractivity contribution in [2.75, 3.05) is 11.9 Å². The van der Waals surface area contributed by atoms with Crippen LogP contribution < -0.4 is 5.32 Å². The Morgan fingerprint density at radius 1 is 1.38 bits per heavy atom. The van der Waals surface area contributed by atoms with Crippen molar-refractivity contribution in [1.82, 2.24) is 0 Å². The SMILES string of the molecule is CCOC(=O)c1c(NC(=O)C(C#N)=Cc2ccc(Cl)cc2)sc2c1C(C)CCC2. The van der Waals surface area contributed by atoms with Gasteiger partial charge < -0.3 is 10.1 Å². The van der Waals surface area contributed by atoms with Crippen molar-refractivity contribution in [1.29, 1.82) is 5.26 Å². The van der Waals surface area contributed by atoms with Gasteiger partial charge in [0.05, 0.1) is 12.2 Å². The maximum absolute atomic E-state index is 12.8. The van der Waals surface area contributed by atoms with E-state index in [0.29, 0.717) is 21.2 Å². The Hall–Kier alpha value is -2.62. The van der Waals surface area contributed by atoms with Gasteiger partial charge in [0.15, 0.2) is 0 Å². The van der Waals surface area contributed by atoms with Gasteiger partial charge in [-0.25, -0.2) is 4.79 Å². The number of nitriles is 1. The van der Waals surface area contributed by atoms with Crippen molar-refractivity contribution in [3.63, 3.8) is 0 Å². The Labute approximate surface area is 178 Å². The van der Waals surface area contributed by atoms with Gasteiger partial charge in [0, 0.05) is 9.90 Å². The number of amides is 1. The summed E-state index contributed by atoms with van der Waals surface area (Å²) in [7, 11) is 0. The fraction of sp³-hybridized carbons (Fsp3) is 0.318. The lowest BCUT2D eigenvalue weighted by molar-refractivity contribution is -0.112. The molecule has 0 radical (unpaired) electrons. The van der Waals surface area contributed by atoms with Crippen LogP contribution >= 0.6 is 22.9 Å². The molecule has 1 N–H and O–H groups in total. The molecular formula is C22H21ClN2O3S. The fourth-order valence-corrected chi connectivity index (χ4v) is 4.92. The lowest BCUT2D eigenvalue weighted by Gasteiger charge is -2.19. The van der Waals surface area contributed by atoms with Crippen molar-refractivity contribution < 1.29 is 14.3 Å². The summed E-state index contributed by atoms with van der Waals surface area (Å²) in [5.74, 6) is -0.770. The number of aryl methyl sites for hydroxylation is 1. The molecule has 7 heteroatoms. The van der Waals surface area contributed by atoms with Crippen LogP contribution in [0.1, 0.15) is 59.0 Å². The predicted octanol–water partition coefficient (Wildman–Crippen LogP) is 5.56. The highest BCUT2D eigenvalue weighted by Crippen LogP contribution is 2.43. The van der Waals surface area contributed by atoms with Gasteiger partial charge in [0.2, 0.25) is 0 Å². The summed E-state index contributed by atoms with van der Waals surface area (Å²) in [6.45, 7) is 4.09. The number of ether oxygens (including phenoxy) is 1. The number of hydrogen-bond acceptors (Lipinski definition) is 5. The van der Waals surface area contributed by atoms with E-state index >= 15 is 0 Å². The first kappa shape index (κ1) is 21.1. The van der Waals surface area contributed by atoms with Crippen LogP contribution in [0.25, 0.3) is 6.08 Å². The first-order valence-electron chi connectivity index (χ1n) is 9.46. The molecule has 5 nitrogen and oxygen atoms in total. The summed E-state index contributed by atoms with van der Waals surface area (Å²) < 4.78 is 5.24. The van der Waals surface area contributed by atoms with Crippen molar-refractivity contribution >= 4 is 45.9 Å². The normalized spacial score (nSPS) is 15.9. The molecule has 3 rings (SSSR count). The summed E-state index contributed by atoms with van der Waals surface area (Å²) >= 11 is 7.28. The van der Waals surface area contributed by atoms with Gasteiger partial charge >= 0.3 is 5.97 Å². The second kappa shape index (κ2) is 9.25. The Bertz CT molecular complexity index is 1000. The van der Waals surface area contributed by atoms with E-state index in [-0.39, 0.29) is 18.1 Å². The van der Waals surface area contributed by atoms with Gasteiger partial charge in [-0.2, -0.15) is 5.26 Å². The monoisotopic (exact) mass is 428 g/mol. The highest BCUT2D eigenvalue weighted by Gasteiger charge is 2.31. The van der Waals surface area contributed by atoms with E-state index < -0.39 is 11.9 Å². The first-order valence-corrected chi connectivity index (χ1v) is 10.6. The molecule has 0 saturated heterocycles. The van der Waals surface area contributed by atoms with Gasteiger partial charge in [0.25, 0.3) is 5.91 Å². The third-order valence-electron chi connectivity index (χ3n) is 4.81. The third kappa shape index (κ3) is 4.69. The average Bonchev–Trinajstić information content (AvgIpc) is 3.07. The minimum atomic E-state index is -0.556. The van der Waals surface area contributed by atoms with E-state index in [1.165, 1.54) is 17.4 Å². The maximum atomic E-state index is 12.8. The van der Waals surface area contributed by atoms with Crippen LogP contribution in [0.15, 0.2) is 29.8 Å². The number of esters is 1. The number of anilines is 1. The number of hydrogen-bond donors (Lipinski definition) is 1. The molecule has 1 heterocycles. The van der Waals surface area contributed by atoms with Crippen LogP contribution in [-0.4, -0.2) is 18.5 Å². The molecule has 0 spiro atoms. The van der Waals surface area contributed by atoms with Crippen LogP contribution in [0.3, 0.4) is 0 Å². The van der Waals surface area contributed by atoms with E-state index in [9.17, 15) is 14.9 Å². The minimum Gasteiger partial charge on any atom is -0.462 e. The zero-order valence-corrected chi connectivity index (χ0v) is 17.8. The Morgan fingerprint density at radius 2 is 2.10 bits per heavy atom. The molecule has 0 saturated carbocycles. The molecule has 0 aliphatic heterocycles. The first-order chi connectivity index (χ1) is 13.9. The van der Waals surface area contributed by atoms with E-state index in [4.69, 9.17) is 16.3 Å². The summed E-state index contributed by atoms with van der Waals surface area (Å²) in [5, 5.41) is 13.3. The van der Waals surface area contributed by atoms with E-state index in [1.807, 2.05) is 6.07 Å². The van der Waals surface area contributed by atoms with Crippen LogP contribution in [0.2, 0.25) is 5.02 Å². The number of nitrogens with one attached hydrogen (secondary N) is 1. The summed E-state index contributed by atoms with van der Waals surface area (Å²) in [6, 6.07) is 8.76. The molecule has 150 valence electrons. The van der Waals surface area contributed by atoms with Crippen molar-refractivity contribution in [3.8, 4) is 6.07 Å². The van der Waals surface area contributed by atoms with Crippen LogP contribution in [-0.2, 0) is 16.0 Å². The van der Waals surface area contributed by atoms with Gasteiger partial charge in [0.1, 0.15) is 16.6 Å². The van der Waals surface area contributed by atoms with Crippen LogP contribution in [0.5, 0.6) is 0 Å². The quantitative estimate of drug-likeness (QED) is 0.384. The highest BCUT2D eigenvalue weighted by atomic mass is 35.5. The number of rotatable bonds is 5. The smallest absolute Gasteiger partial charge is 0.341 e. The molecule has 1 aliphatic rings. The second-order valence-corrected chi connectivity index (χ2v) is 8.37. The molecule has 1 unspecified atom stereocenters. The molecule has 1 atom stereocenters. The number of halogens is 1. The Morgan fingerprint density at radius 3 is 2.76 bits per heavy atom. The molecule has 1 aromatic carbocycles. The molecule has 29 heavy (non-hydrogen) atoms. The van der Waals surface area contributed by atoms with E-state index in [0.717, 1.165) is 29.7 Å². The lowest BCUT2D eigenvalue weighted by Crippen LogP contribution is -2.17. The zero-order valence-electron chi connectivity index (χ0n) is 16.3. The largest absolute Gasteiger partial charge is 0.462 e. The standard InChI is InChI=1S/C22H21ClN2O3S/c1-3-28-22(27)19-18-13(2)5-4-6-17(18)29-21(19)25-20(26)15(12-24)11-14-7-9-16(23)10-8-14/h7-11,13H,3-6H2,1-2H3,(H,25,26). The molecule has 1 amide bonds. The Kier molecular flexibility index (Phi) is 6.73. The predicted molar refractivity (Wildman–Crippen MR) is 115 cm³/mol. The van der Waals surface area contributed by atoms with Gasteiger partial charge in [-0.1, -0.05) is 30.7 Å².